The van der Waals surface area contributed by atoms with Gasteiger partial charge in [0.05, 0.1) is 4.90 Å². The van der Waals surface area contributed by atoms with E-state index in [4.69, 9.17) is 0 Å². The number of hydrogen-bond donors (Lipinski definition) is 0. The van der Waals surface area contributed by atoms with E-state index < -0.39 is 21.7 Å². The monoisotopic (exact) mass is 366 g/mol. The first-order chi connectivity index (χ1) is 11.9. The van der Waals surface area contributed by atoms with Crippen molar-refractivity contribution in [3.05, 3.63) is 65.7 Å². The average molecular weight is 366 g/mol. The molecule has 132 valence electrons. The van der Waals surface area contributed by atoms with Gasteiger partial charge in [-0.1, -0.05) is 12.1 Å². The molecule has 0 unspecified atom stereocenters. The lowest BCUT2D eigenvalue weighted by Gasteiger charge is -2.34. The molecule has 0 saturated carbocycles. The van der Waals surface area contributed by atoms with Crippen LogP contribution in [0.3, 0.4) is 0 Å². The van der Waals surface area contributed by atoms with Gasteiger partial charge in [0.15, 0.2) is 0 Å². The van der Waals surface area contributed by atoms with Crippen LogP contribution < -0.4 is 0 Å². The number of amides is 1. The Morgan fingerprint density at radius 2 is 1.48 bits per heavy atom. The van der Waals surface area contributed by atoms with Crippen LogP contribution in [0.2, 0.25) is 0 Å². The number of piperazine rings is 1. The highest BCUT2D eigenvalue weighted by atomic mass is 32.2. The highest BCUT2D eigenvalue weighted by Crippen LogP contribution is 2.19. The minimum Gasteiger partial charge on any atom is -0.336 e. The summed E-state index contributed by atoms with van der Waals surface area (Å²) in [6, 6.07) is 10.2. The fourth-order valence-corrected chi connectivity index (χ4v) is 4.17. The Labute approximate surface area is 144 Å². The van der Waals surface area contributed by atoms with Crippen LogP contribution in [0.4, 0.5) is 8.78 Å². The van der Waals surface area contributed by atoms with E-state index in [0.717, 1.165) is 12.1 Å². The van der Waals surface area contributed by atoms with E-state index in [9.17, 15) is 22.0 Å². The van der Waals surface area contributed by atoms with Crippen LogP contribution in [-0.4, -0.2) is 49.7 Å². The normalized spacial score (nSPS) is 16.0. The Balaban J connectivity index is 1.70. The number of sulfonamides is 1. The number of carbonyl (C=O) groups is 1. The number of halogens is 2. The smallest absolute Gasteiger partial charge is 0.254 e. The molecule has 1 aliphatic rings. The van der Waals surface area contributed by atoms with Crippen LogP contribution in [0.15, 0.2) is 53.4 Å². The number of benzene rings is 2. The van der Waals surface area contributed by atoms with Gasteiger partial charge in [0, 0.05) is 31.7 Å². The van der Waals surface area contributed by atoms with Crippen molar-refractivity contribution in [1.82, 2.24) is 9.21 Å². The van der Waals surface area contributed by atoms with Gasteiger partial charge in [-0.05, 0) is 36.4 Å². The molecule has 1 amide bonds. The minimum absolute atomic E-state index is 0.0971. The summed E-state index contributed by atoms with van der Waals surface area (Å²) in [5.41, 5.74) is 0.224. The molecule has 1 saturated heterocycles. The summed E-state index contributed by atoms with van der Waals surface area (Å²) in [4.78, 5) is 13.7. The number of rotatable bonds is 3. The highest BCUT2D eigenvalue weighted by Gasteiger charge is 2.30. The summed E-state index contributed by atoms with van der Waals surface area (Å²) in [5, 5.41) is 0. The first-order valence-corrected chi connectivity index (χ1v) is 9.12. The van der Waals surface area contributed by atoms with Gasteiger partial charge in [-0.2, -0.15) is 4.31 Å². The van der Waals surface area contributed by atoms with E-state index in [2.05, 4.69) is 0 Å². The third-order valence-electron chi connectivity index (χ3n) is 4.03. The Kier molecular flexibility index (Phi) is 4.82. The van der Waals surface area contributed by atoms with Gasteiger partial charge in [-0.3, -0.25) is 4.79 Å². The van der Waals surface area contributed by atoms with Gasteiger partial charge in [0.1, 0.15) is 11.6 Å². The van der Waals surface area contributed by atoms with Gasteiger partial charge >= 0.3 is 0 Å². The summed E-state index contributed by atoms with van der Waals surface area (Å²) in [5.74, 6) is -1.47. The van der Waals surface area contributed by atoms with Crippen LogP contribution >= 0.6 is 0 Å². The van der Waals surface area contributed by atoms with Crippen LogP contribution in [0.5, 0.6) is 0 Å². The van der Waals surface area contributed by atoms with E-state index in [1.165, 1.54) is 45.6 Å². The lowest BCUT2D eigenvalue weighted by atomic mass is 10.2. The molecule has 0 N–H and O–H groups in total. The molecule has 0 bridgehead atoms. The van der Waals surface area contributed by atoms with Crippen molar-refractivity contribution >= 4 is 15.9 Å². The van der Waals surface area contributed by atoms with Crippen molar-refractivity contribution in [2.75, 3.05) is 26.2 Å². The molecule has 0 aliphatic carbocycles. The predicted octanol–water partition coefficient (Wildman–Crippen LogP) is 2.11. The molecule has 1 heterocycles. The Hall–Kier alpha value is -2.32. The molecule has 25 heavy (non-hydrogen) atoms. The van der Waals surface area contributed by atoms with E-state index >= 15 is 0 Å². The molecule has 1 aliphatic heterocycles. The minimum atomic E-state index is -3.81. The topological polar surface area (TPSA) is 57.7 Å². The predicted molar refractivity (Wildman–Crippen MR) is 87.5 cm³/mol. The summed E-state index contributed by atoms with van der Waals surface area (Å²) >= 11 is 0. The fraction of sp³-hybridized carbons (Fsp3) is 0.235. The standard InChI is InChI=1S/C17H16F2N2O3S/c18-14-4-1-3-13(11-14)17(22)20-7-9-21(10-8-20)25(23,24)16-6-2-5-15(19)12-16/h1-6,11-12H,7-10H2. The largest absolute Gasteiger partial charge is 0.336 e. The lowest BCUT2D eigenvalue weighted by Crippen LogP contribution is -2.50. The molecule has 2 aromatic rings. The Morgan fingerprint density at radius 1 is 0.880 bits per heavy atom. The Morgan fingerprint density at radius 3 is 2.08 bits per heavy atom. The first kappa shape index (κ1) is 17.5. The van der Waals surface area contributed by atoms with Crippen molar-refractivity contribution in [3.8, 4) is 0 Å². The van der Waals surface area contributed by atoms with Crippen LogP contribution in [0.25, 0.3) is 0 Å². The maximum Gasteiger partial charge on any atom is 0.254 e. The van der Waals surface area contributed by atoms with Crippen molar-refractivity contribution in [2.45, 2.75) is 4.90 Å². The van der Waals surface area contributed by atoms with E-state index in [1.54, 1.807) is 0 Å². The highest BCUT2D eigenvalue weighted by molar-refractivity contribution is 7.89. The summed E-state index contributed by atoms with van der Waals surface area (Å²) in [7, 11) is -3.81. The zero-order chi connectivity index (χ0) is 18.0. The van der Waals surface area contributed by atoms with Crippen molar-refractivity contribution in [2.24, 2.45) is 0 Å². The maximum absolute atomic E-state index is 13.3. The molecular formula is C17H16F2N2O3S. The van der Waals surface area contributed by atoms with Crippen LogP contribution in [0.1, 0.15) is 10.4 Å². The Bertz CT molecular complexity index is 894. The third-order valence-corrected chi connectivity index (χ3v) is 5.93. The molecular weight excluding hydrogens is 350 g/mol. The molecule has 0 radical (unpaired) electrons. The summed E-state index contributed by atoms with van der Waals surface area (Å²) < 4.78 is 52.8. The molecule has 2 aromatic carbocycles. The van der Waals surface area contributed by atoms with Gasteiger partial charge < -0.3 is 4.90 Å². The molecule has 0 atom stereocenters. The SMILES string of the molecule is O=C(c1cccc(F)c1)N1CCN(S(=O)(=O)c2cccc(F)c2)CC1. The molecule has 0 spiro atoms. The quantitative estimate of drug-likeness (QED) is 0.836. The second kappa shape index (κ2) is 6.89. The van der Waals surface area contributed by atoms with Crippen LogP contribution in [0, 0.1) is 11.6 Å². The zero-order valence-electron chi connectivity index (χ0n) is 13.2. The summed E-state index contributed by atoms with van der Waals surface area (Å²) in [6.07, 6.45) is 0. The molecule has 5 nitrogen and oxygen atoms in total. The van der Waals surface area contributed by atoms with E-state index in [-0.39, 0.29) is 42.5 Å². The zero-order valence-corrected chi connectivity index (χ0v) is 14.0. The second-order valence-corrected chi connectivity index (χ2v) is 7.60. The third kappa shape index (κ3) is 3.69. The number of nitrogens with zero attached hydrogens (tertiary/aromatic N) is 2. The number of hydrogen-bond acceptors (Lipinski definition) is 3. The number of carbonyl (C=O) groups excluding carboxylic acids is 1. The average Bonchev–Trinajstić information content (AvgIpc) is 2.61. The van der Waals surface area contributed by atoms with Crippen molar-refractivity contribution in [1.29, 1.82) is 0 Å². The van der Waals surface area contributed by atoms with E-state index in [1.807, 2.05) is 0 Å². The van der Waals surface area contributed by atoms with Gasteiger partial charge in [0.2, 0.25) is 10.0 Å². The van der Waals surface area contributed by atoms with Crippen molar-refractivity contribution in [3.63, 3.8) is 0 Å². The van der Waals surface area contributed by atoms with Crippen molar-refractivity contribution < 1.29 is 22.0 Å². The second-order valence-electron chi connectivity index (χ2n) is 5.66. The van der Waals surface area contributed by atoms with Gasteiger partial charge in [0.25, 0.3) is 5.91 Å². The molecule has 3 rings (SSSR count). The fourth-order valence-electron chi connectivity index (χ4n) is 2.71. The molecule has 0 aromatic heterocycles. The molecule has 1 fully saturated rings. The van der Waals surface area contributed by atoms with Gasteiger partial charge in [-0.25, -0.2) is 17.2 Å². The maximum atomic E-state index is 13.3. The van der Waals surface area contributed by atoms with Gasteiger partial charge in [-0.15, -0.1) is 0 Å². The lowest BCUT2D eigenvalue weighted by molar-refractivity contribution is 0.0697. The molecule has 8 heteroatoms. The van der Waals surface area contributed by atoms with Crippen LogP contribution in [-0.2, 0) is 10.0 Å². The van der Waals surface area contributed by atoms with E-state index in [0.29, 0.717) is 0 Å². The summed E-state index contributed by atoms with van der Waals surface area (Å²) in [6.45, 7) is 0.563. The first-order valence-electron chi connectivity index (χ1n) is 7.68.